The van der Waals surface area contributed by atoms with Gasteiger partial charge in [-0.2, -0.15) is 5.10 Å². The number of nitrogens with zero attached hydrogens (tertiary/aromatic N) is 2. The summed E-state index contributed by atoms with van der Waals surface area (Å²) in [6.07, 6.45) is 0. The fourth-order valence-electron chi connectivity index (χ4n) is 1.67. The topological polar surface area (TPSA) is 93.2 Å². The Morgan fingerprint density at radius 2 is 2.17 bits per heavy atom. The van der Waals surface area contributed by atoms with Gasteiger partial charge in [-0.25, -0.2) is 0 Å². The van der Waals surface area contributed by atoms with Crippen LogP contribution in [0.15, 0.2) is 24.3 Å². The van der Waals surface area contributed by atoms with E-state index in [2.05, 4.69) is 10.4 Å². The Bertz CT molecular complexity index is 604. The fraction of sp³-hybridized carbons (Fsp3) is 0.167. The molecule has 0 saturated carbocycles. The van der Waals surface area contributed by atoms with Gasteiger partial charge in [0.05, 0.1) is 17.1 Å². The first-order chi connectivity index (χ1) is 8.47. The molecule has 2 aromatic rings. The summed E-state index contributed by atoms with van der Waals surface area (Å²) in [5, 5.41) is 16.0. The maximum absolute atomic E-state index is 12.0. The van der Waals surface area contributed by atoms with E-state index in [1.807, 2.05) is 6.92 Å². The molecule has 1 amide bonds. The number of rotatable bonds is 2. The molecule has 0 fully saturated rings. The number of aromatic hydroxyl groups is 1. The number of aromatic nitrogens is 2. The van der Waals surface area contributed by atoms with Crippen molar-refractivity contribution in [2.75, 3.05) is 11.1 Å². The van der Waals surface area contributed by atoms with Crippen LogP contribution in [0, 0.1) is 6.92 Å². The average Bonchev–Trinajstić information content (AvgIpc) is 2.62. The van der Waals surface area contributed by atoms with Crippen molar-refractivity contribution in [2.24, 2.45) is 7.05 Å². The number of benzene rings is 1. The van der Waals surface area contributed by atoms with E-state index in [1.54, 1.807) is 19.2 Å². The summed E-state index contributed by atoms with van der Waals surface area (Å²) in [7, 11) is 1.70. The number of phenols is 1. The van der Waals surface area contributed by atoms with E-state index >= 15 is 0 Å². The number of nitrogens with one attached hydrogen (secondary N) is 1. The lowest BCUT2D eigenvalue weighted by molar-refractivity contribution is 0.101. The molecule has 1 aromatic carbocycles. The van der Waals surface area contributed by atoms with Crippen LogP contribution >= 0.6 is 0 Å². The summed E-state index contributed by atoms with van der Waals surface area (Å²) in [6, 6.07) is 6.07. The molecule has 2 rings (SSSR count). The predicted octanol–water partition coefficient (Wildman–Crippen LogP) is 1.27. The minimum absolute atomic E-state index is 0.0573. The van der Waals surface area contributed by atoms with Gasteiger partial charge < -0.3 is 16.2 Å². The lowest BCUT2D eigenvalue weighted by atomic mass is 10.2. The van der Waals surface area contributed by atoms with E-state index in [0.29, 0.717) is 17.1 Å². The SMILES string of the molecule is Cc1cc(C(=O)Nc2ccc(O)cc2N)n(C)n1. The van der Waals surface area contributed by atoms with E-state index in [9.17, 15) is 9.90 Å². The summed E-state index contributed by atoms with van der Waals surface area (Å²) in [4.78, 5) is 12.0. The van der Waals surface area contributed by atoms with Crippen molar-refractivity contribution in [3.8, 4) is 5.75 Å². The molecule has 4 N–H and O–H groups in total. The van der Waals surface area contributed by atoms with E-state index in [0.717, 1.165) is 5.69 Å². The highest BCUT2D eigenvalue weighted by Gasteiger charge is 2.13. The second-order valence-corrected chi connectivity index (χ2v) is 4.02. The number of amides is 1. The second kappa shape index (κ2) is 4.40. The van der Waals surface area contributed by atoms with Gasteiger partial charge >= 0.3 is 0 Å². The first kappa shape index (κ1) is 12.0. The number of carbonyl (C=O) groups excluding carboxylic acids is 1. The minimum atomic E-state index is -0.296. The van der Waals surface area contributed by atoms with Gasteiger partial charge in [0, 0.05) is 13.1 Å². The zero-order valence-electron chi connectivity index (χ0n) is 10.1. The van der Waals surface area contributed by atoms with Gasteiger partial charge in [0.15, 0.2) is 0 Å². The highest BCUT2D eigenvalue weighted by molar-refractivity contribution is 6.04. The van der Waals surface area contributed by atoms with Crippen molar-refractivity contribution in [3.63, 3.8) is 0 Å². The number of nitrogen functional groups attached to an aromatic ring is 1. The quantitative estimate of drug-likeness (QED) is 0.549. The first-order valence-corrected chi connectivity index (χ1v) is 5.38. The zero-order chi connectivity index (χ0) is 13.3. The molecule has 1 heterocycles. The summed E-state index contributed by atoms with van der Waals surface area (Å²) < 4.78 is 1.50. The standard InChI is InChI=1S/C12H14N4O2/c1-7-5-11(16(2)15-7)12(18)14-10-4-3-8(17)6-9(10)13/h3-6,17H,13H2,1-2H3,(H,14,18). The van der Waals surface area contributed by atoms with Gasteiger partial charge in [-0.05, 0) is 25.1 Å². The minimum Gasteiger partial charge on any atom is -0.508 e. The predicted molar refractivity (Wildman–Crippen MR) is 68.4 cm³/mol. The second-order valence-electron chi connectivity index (χ2n) is 4.02. The smallest absolute Gasteiger partial charge is 0.273 e. The molecule has 6 heteroatoms. The lowest BCUT2D eigenvalue weighted by Crippen LogP contribution is -2.16. The number of phenolic OH excluding ortho intramolecular Hbond substituents is 1. The van der Waals surface area contributed by atoms with Gasteiger partial charge in [-0.1, -0.05) is 0 Å². The van der Waals surface area contributed by atoms with Crippen LogP contribution in [0.4, 0.5) is 11.4 Å². The fourth-order valence-corrected chi connectivity index (χ4v) is 1.67. The number of aryl methyl sites for hydroxylation is 2. The maximum atomic E-state index is 12.0. The number of anilines is 2. The number of hydrogen-bond acceptors (Lipinski definition) is 4. The van der Waals surface area contributed by atoms with Gasteiger partial charge in [0.2, 0.25) is 0 Å². The molecule has 18 heavy (non-hydrogen) atoms. The normalized spacial score (nSPS) is 10.3. The van der Waals surface area contributed by atoms with Crippen LogP contribution in [-0.4, -0.2) is 20.8 Å². The Kier molecular flexibility index (Phi) is 2.93. The Morgan fingerprint density at radius 3 is 2.72 bits per heavy atom. The third kappa shape index (κ3) is 2.27. The summed E-state index contributed by atoms with van der Waals surface area (Å²) in [5.41, 5.74) is 7.67. The van der Waals surface area contributed by atoms with Crippen LogP contribution < -0.4 is 11.1 Å². The third-order valence-corrected chi connectivity index (χ3v) is 2.52. The van der Waals surface area contributed by atoms with Crippen LogP contribution in [0.25, 0.3) is 0 Å². The monoisotopic (exact) mass is 246 g/mol. The summed E-state index contributed by atoms with van der Waals surface area (Å²) >= 11 is 0. The molecule has 0 aliphatic carbocycles. The Morgan fingerprint density at radius 1 is 1.44 bits per heavy atom. The lowest BCUT2D eigenvalue weighted by Gasteiger charge is -2.08. The maximum Gasteiger partial charge on any atom is 0.273 e. The van der Waals surface area contributed by atoms with Crippen molar-refractivity contribution >= 4 is 17.3 Å². The van der Waals surface area contributed by atoms with E-state index in [4.69, 9.17) is 5.73 Å². The summed E-state index contributed by atoms with van der Waals surface area (Å²) in [5.74, 6) is -0.239. The molecule has 0 atom stereocenters. The van der Waals surface area contributed by atoms with Crippen LogP contribution in [0.1, 0.15) is 16.2 Å². The molecule has 0 aliphatic rings. The van der Waals surface area contributed by atoms with Crippen LogP contribution in [0.3, 0.4) is 0 Å². The van der Waals surface area contributed by atoms with Crippen molar-refractivity contribution in [3.05, 3.63) is 35.7 Å². The highest BCUT2D eigenvalue weighted by atomic mass is 16.3. The molecule has 0 radical (unpaired) electrons. The molecule has 0 unspecified atom stereocenters. The Balaban J connectivity index is 2.24. The third-order valence-electron chi connectivity index (χ3n) is 2.52. The molecule has 94 valence electrons. The van der Waals surface area contributed by atoms with Crippen molar-refractivity contribution in [1.29, 1.82) is 0 Å². The van der Waals surface area contributed by atoms with Gasteiger partial charge in [0.1, 0.15) is 11.4 Å². The van der Waals surface area contributed by atoms with Crippen LogP contribution in [0.5, 0.6) is 5.75 Å². The van der Waals surface area contributed by atoms with Crippen molar-refractivity contribution in [2.45, 2.75) is 6.92 Å². The van der Waals surface area contributed by atoms with E-state index < -0.39 is 0 Å². The molecule has 0 bridgehead atoms. The molecule has 0 aliphatic heterocycles. The van der Waals surface area contributed by atoms with Crippen LogP contribution in [0.2, 0.25) is 0 Å². The number of nitrogens with two attached hydrogens (primary N) is 1. The molecule has 0 saturated heterocycles. The molecular formula is C12H14N4O2. The molecular weight excluding hydrogens is 232 g/mol. The molecule has 6 nitrogen and oxygen atoms in total. The Labute approximate surface area is 104 Å². The first-order valence-electron chi connectivity index (χ1n) is 5.38. The highest BCUT2D eigenvalue weighted by Crippen LogP contribution is 2.23. The largest absolute Gasteiger partial charge is 0.508 e. The van der Waals surface area contributed by atoms with Gasteiger partial charge in [-0.15, -0.1) is 0 Å². The average molecular weight is 246 g/mol. The summed E-state index contributed by atoms with van der Waals surface area (Å²) in [6.45, 7) is 1.81. The number of carbonyl (C=O) groups is 1. The van der Waals surface area contributed by atoms with Crippen LogP contribution in [-0.2, 0) is 7.05 Å². The van der Waals surface area contributed by atoms with Crippen molar-refractivity contribution < 1.29 is 9.90 Å². The number of hydrogen-bond donors (Lipinski definition) is 3. The van der Waals surface area contributed by atoms with E-state index in [1.165, 1.54) is 16.8 Å². The van der Waals surface area contributed by atoms with Gasteiger partial charge in [0.25, 0.3) is 5.91 Å². The van der Waals surface area contributed by atoms with Gasteiger partial charge in [-0.3, -0.25) is 9.48 Å². The Hall–Kier alpha value is -2.50. The molecule has 1 aromatic heterocycles. The zero-order valence-corrected chi connectivity index (χ0v) is 10.1. The van der Waals surface area contributed by atoms with Crippen molar-refractivity contribution in [1.82, 2.24) is 9.78 Å². The molecule has 0 spiro atoms. The van der Waals surface area contributed by atoms with E-state index in [-0.39, 0.29) is 11.7 Å².